The van der Waals surface area contributed by atoms with E-state index in [2.05, 4.69) is 5.32 Å². The van der Waals surface area contributed by atoms with Crippen LogP contribution >= 0.6 is 23.2 Å². The Balaban J connectivity index is 3.10. The highest BCUT2D eigenvalue weighted by Crippen LogP contribution is 2.28. The Kier molecular flexibility index (Phi) is 4.36. The van der Waals surface area contributed by atoms with Gasteiger partial charge in [0.05, 0.1) is 15.6 Å². The molecule has 0 amide bonds. The average Bonchev–Trinajstić information content (AvgIpc) is 2.21. The van der Waals surface area contributed by atoms with Gasteiger partial charge in [-0.2, -0.15) is 0 Å². The molecule has 1 aromatic rings. The topological polar surface area (TPSA) is 29.1 Å². The summed E-state index contributed by atoms with van der Waals surface area (Å²) in [5, 5.41) is 3.84. The summed E-state index contributed by atoms with van der Waals surface area (Å²) in [6, 6.07) is 5.08. The molecule has 1 N–H and O–H groups in total. The van der Waals surface area contributed by atoms with Crippen molar-refractivity contribution in [3.8, 4) is 0 Å². The summed E-state index contributed by atoms with van der Waals surface area (Å²) < 4.78 is 0. The molecule has 0 aromatic heterocycles. The predicted molar refractivity (Wildman–Crippen MR) is 68.5 cm³/mol. The third-order valence-corrected chi connectivity index (χ3v) is 3.20. The van der Waals surface area contributed by atoms with Gasteiger partial charge < -0.3 is 5.32 Å². The number of benzene rings is 1. The van der Waals surface area contributed by atoms with Crippen LogP contribution in [0.4, 0.5) is 0 Å². The van der Waals surface area contributed by atoms with Gasteiger partial charge >= 0.3 is 0 Å². The molecule has 88 valence electrons. The molecule has 0 aliphatic carbocycles. The summed E-state index contributed by atoms with van der Waals surface area (Å²) in [4.78, 5) is 12.2. The number of hydrogen-bond donors (Lipinski definition) is 1. The van der Waals surface area contributed by atoms with E-state index in [4.69, 9.17) is 23.2 Å². The minimum absolute atomic E-state index is 0.0538. The first-order valence-corrected chi connectivity index (χ1v) is 5.89. The second kappa shape index (κ2) is 5.17. The minimum atomic E-state index is -0.636. The highest BCUT2D eigenvalue weighted by Gasteiger charge is 2.29. The summed E-state index contributed by atoms with van der Waals surface area (Å²) in [6.07, 6.45) is 0. The molecule has 0 atom stereocenters. The lowest BCUT2D eigenvalue weighted by atomic mass is 9.93. The van der Waals surface area contributed by atoms with Crippen LogP contribution in [0.1, 0.15) is 31.1 Å². The number of carbonyl (C=O) groups is 1. The van der Waals surface area contributed by atoms with Crippen molar-refractivity contribution < 1.29 is 4.79 Å². The fraction of sp³-hybridized carbons (Fsp3) is 0.417. The SMILES string of the molecule is CCNC(C)(C)C(=O)c1cccc(Cl)c1Cl. The first-order chi connectivity index (χ1) is 7.40. The fourth-order valence-corrected chi connectivity index (χ4v) is 1.92. The number of rotatable bonds is 4. The van der Waals surface area contributed by atoms with Crippen LogP contribution in [-0.4, -0.2) is 17.9 Å². The molecule has 0 radical (unpaired) electrons. The highest BCUT2D eigenvalue weighted by atomic mass is 35.5. The van der Waals surface area contributed by atoms with Crippen LogP contribution in [-0.2, 0) is 0 Å². The number of Topliss-reactive ketones (excluding diaryl/α,β-unsaturated/α-hetero) is 1. The van der Waals surface area contributed by atoms with Crippen LogP contribution in [0.25, 0.3) is 0 Å². The van der Waals surface area contributed by atoms with Gasteiger partial charge in [0, 0.05) is 5.56 Å². The van der Waals surface area contributed by atoms with Crippen molar-refractivity contribution in [2.75, 3.05) is 6.54 Å². The average molecular weight is 260 g/mol. The van der Waals surface area contributed by atoms with Gasteiger partial charge in [0.1, 0.15) is 0 Å². The van der Waals surface area contributed by atoms with E-state index in [-0.39, 0.29) is 5.78 Å². The fourth-order valence-electron chi connectivity index (χ4n) is 1.54. The lowest BCUT2D eigenvalue weighted by molar-refractivity contribution is 0.0884. The van der Waals surface area contributed by atoms with Crippen molar-refractivity contribution in [2.24, 2.45) is 0 Å². The van der Waals surface area contributed by atoms with Gasteiger partial charge in [-0.15, -0.1) is 0 Å². The molecule has 0 aliphatic heterocycles. The standard InChI is InChI=1S/C12H15Cl2NO/c1-4-15-12(2,3)11(16)8-6-5-7-9(13)10(8)14/h5-7,15H,4H2,1-3H3. The number of carbonyl (C=O) groups excluding carboxylic acids is 1. The molecule has 1 rings (SSSR count). The molecular weight excluding hydrogens is 245 g/mol. The van der Waals surface area contributed by atoms with Crippen molar-refractivity contribution in [1.82, 2.24) is 5.32 Å². The maximum absolute atomic E-state index is 12.2. The molecule has 0 unspecified atom stereocenters. The van der Waals surface area contributed by atoms with Crippen molar-refractivity contribution >= 4 is 29.0 Å². The molecule has 1 aromatic carbocycles. The molecule has 0 heterocycles. The second-order valence-electron chi connectivity index (χ2n) is 4.09. The third-order valence-electron chi connectivity index (χ3n) is 2.38. The molecule has 0 spiro atoms. The number of likely N-dealkylation sites (N-methyl/N-ethyl adjacent to an activating group) is 1. The lowest BCUT2D eigenvalue weighted by Gasteiger charge is -2.24. The molecule has 4 heteroatoms. The van der Waals surface area contributed by atoms with Gasteiger partial charge in [-0.25, -0.2) is 0 Å². The van der Waals surface area contributed by atoms with Gasteiger partial charge in [-0.3, -0.25) is 4.79 Å². The van der Waals surface area contributed by atoms with E-state index in [0.717, 1.165) is 6.54 Å². The van der Waals surface area contributed by atoms with Gasteiger partial charge in [-0.1, -0.05) is 36.2 Å². The zero-order chi connectivity index (χ0) is 12.3. The van der Waals surface area contributed by atoms with Crippen LogP contribution in [0.2, 0.25) is 10.0 Å². The zero-order valence-electron chi connectivity index (χ0n) is 9.60. The molecule has 16 heavy (non-hydrogen) atoms. The maximum Gasteiger partial charge on any atom is 0.183 e. The molecule has 0 saturated carbocycles. The van der Waals surface area contributed by atoms with Crippen LogP contribution in [0.5, 0.6) is 0 Å². The normalized spacial score (nSPS) is 11.6. The van der Waals surface area contributed by atoms with Crippen molar-refractivity contribution in [2.45, 2.75) is 26.3 Å². The maximum atomic E-state index is 12.2. The molecule has 0 fully saturated rings. The lowest BCUT2D eigenvalue weighted by Crippen LogP contribution is -2.46. The zero-order valence-corrected chi connectivity index (χ0v) is 11.1. The second-order valence-corrected chi connectivity index (χ2v) is 4.87. The van der Waals surface area contributed by atoms with Gasteiger partial charge in [-0.05, 0) is 32.5 Å². The summed E-state index contributed by atoms with van der Waals surface area (Å²) in [7, 11) is 0. The quantitative estimate of drug-likeness (QED) is 0.838. The van der Waals surface area contributed by atoms with Crippen LogP contribution in [0, 0.1) is 0 Å². The number of ketones is 1. The number of nitrogens with one attached hydrogen (secondary N) is 1. The predicted octanol–water partition coefficient (Wildman–Crippen LogP) is 3.56. The number of halogens is 2. The molecule has 0 saturated heterocycles. The van der Waals surface area contributed by atoms with Crippen LogP contribution < -0.4 is 5.32 Å². The largest absolute Gasteiger partial charge is 0.305 e. The summed E-state index contributed by atoms with van der Waals surface area (Å²) in [5.74, 6) is -0.0538. The van der Waals surface area contributed by atoms with E-state index in [1.807, 2.05) is 20.8 Å². The van der Waals surface area contributed by atoms with E-state index < -0.39 is 5.54 Å². The summed E-state index contributed by atoms with van der Waals surface area (Å²) >= 11 is 11.9. The first-order valence-electron chi connectivity index (χ1n) is 5.14. The van der Waals surface area contributed by atoms with Crippen molar-refractivity contribution in [3.63, 3.8) is 0 Å². The van der Waals surface area contributed by atoms with Crippen molar-refractivity contribution in [3.05, 3.63) is 33.8 Å². The molecule has 0 bridgehead atoms. The smallest absolute Gasteiger partial charge is 0.183 e. The highest BCUT2D eigenvalue weighted by molar-refractivity contribution is 6.44. The molecule has 2 nitrogen and oxygen atoms in total. The van der Waals surface area contributed by atoms with E-state index in [9.17, 15) is 4.79 Å². The molecule has 0 aliphatic rings. The van der Waals surface area contributed by atoms with E-state index in [1.54, 1.807) is 18.2 Å². The summed E-state index contributed by atoms with van der Waals surface area (Å²) in [6.45, 7) is 6.33. The Hall–Kier alpha value is -0.570. The van der Waals surface area contributed by atoms with Crippen LogP contribution in [0.3, 0.4) is 0 Å². The Morgan fingerprint density at radius 1 is 1.38 bits per heavy atom. The minimum Gasteiger partial charge on any atom is -0.305 e. The number of hydrogen-bond acceptors (Lipinski definition) is 2. The Labute approximate surface area is 106 Å². The Morgan fingerprint density at radius 3 is 2.56 bits per heavy atom. The third kappa shape index (κ3) is 2.76. The van der Waals surface area contributed by atoms with Gasteiger partial charge in [0.2, 0.25) is 0 Å². The van der Waals surface area contributed by atoms with E-state index >= 15 is 0 Å². The monoisotopic (exact) mass is 259 g/mol. The van der Waals surface area contributed by atoms with Crippen molar-refractivity contribution in [1.29, 1.82) is 0 Å². The van der Waals surface area contributed by atoms with Crippen LogP contribution in [0.15, 0.2) is 18.2 Å². The Morgan fingerprint density at radius 2 is 2.00 bits per heavy atom. The van der Waals surface area contributed by atoms with Gasteiger partial charge in [0.15, 0.2) is 5.78 Å². The van der Waals surface area contributed by atoms with E-state index in [0.29, 0.717) is 15.6 Å². The summed E-state index contributed by atoms with van der Waals surface area (Å²) in [5.41, 5.74) is -0.177. The van der Waals surface area contributed by atoms with Gasteiger partial charge in [0.25, 0.3) is 0 Å². The Bertz CT molecular complexity index is 402. The van der Waals surface area contributed by atoms with E-state index in [1.165, 1.54) is 0 Å². The first kappa shape index (κ1) is 13.5. The molecular formula is C12H15Cl2NO.